The summed E-state index contributed by atoms with van der Waals surface area (Å²) in [7, 11) is 0. The van der Waals surface area contributed by atoms with Crippen molar-refractivity contribution in [2.24, 2.45) is 0 Å². The van der Waals surface area contributed by atoms with Crippen LogP contribution in [0.15, 0.2) is 12.1 Å². The van der Waals surface area contributed by atoms with Gasteiger partial charge in [-0.15, -0.1) is 0 Å². The Balaban J connectivity index is 3.28. The number of rotatable bonds is 2. The summed E-state index contributed by atoms with van der Waals surface area (Å²) >= 11 is 7.19. The molecule has 0 unspecified atom stereocenters. The van der Waals surface area contributed by atoms with Gasteiger partial charge in [0.1, 0.15) is 5.75 Å². The highest BCUT2D eigenvalue weighted by Crippen LogP contribution is 2.27. The second kappa shape index (κ2) is 4.92. The minimum Gasteiger partial charge on any atom is -0.506 e. The lowest BCUT2D eigenvalue weighted by atomic mass is 10.1. The van der Waals surface area contributed by atoms with E-state index >= 15 is 0 Å². The Kier molecular flexibility index (Phi) is 4.43. The maximum Gasteiger partial charge on any atom is 0.177 e. The van der Waals surface area contributed by atoms with Gasteiger partial charge in [0.2, 0.25) is 0 Å². The molecule has 0 amide bonds. The third-order valence-corrected chi connectivity index (χ3v) is 3.40. The smallest absolute Gasteiger partial charge is 0.177 e. The first-order chi connectivity index (χ1) is 6.06. The van der Waals surface area contributed by atoms with E-state index in [2.05, 4.69) is 38.5 Å². The van der Waals surface area contributed by atoms with Crippen molar-refractivity contribution in [2.75, 3.05) is 5.33 Å². The Labute approximate surface area is 112 Å². The van der Waals surface area contributed by atoms with Crippen molar-refractivity contribution in [3.05, 3.63) is 24.8 Å². The van der Waals surface area contributed by atoms with E-state index in [4.69, 9.17) is 0 Å². The summed E-state index contributed by atoms with van der Waals surface area (Å²) in [6, 6.07) is 3.50. The molecule has 1 aromatic carbocycles. The van der Waals surface area contributed by atoms with Crippen LogP contribution in [0.2, 0.25) is 0 Å². The molecule has 0 spiro atoms. The fourth-order valence-electron chi connectivity index (χ4n) is 0.851. The number of alkyl halides is 1. The molecule has 70 valence electrons. The molecule has 0 atom stereocenters. The van der Waals surface area contributed by atoms with Crippen LogP contribution in [-0.2, 0) is 0 Å². The molecule has 0 aromatic heterocycles. The van der Waals surface area contributed by atoms with Gasteiger partial charge in [0.25, 0.3) is 0 Å². The van der Waals surface area contributed by atoms with E-state index in [1.54, 1.807) is 6.07 Å². The number of benzene rings is 1. The Hall–Kier alpha value is 0.630. The van der Waals surface area contributed by atoms with E-state index in [1.807, 2.05) is 28.7 Å². The van der Waals surface area contributed by atoms with Crippen LogP contribution < -0.4 is 0 Å². The minimum atomic E-state index is -0.103. The number of carbonyl (C=O) groups is 1. The fraction of sp³-hybridized carbons (Fsp3) is 0.125. The zero-order valence-electron chi connectivity index (χ0n) is 6.35. The van der Waals surface area contributed by atoms with Gasteiger partial charge >= 0.3 is 0 Å². The number of halogens is 3. The molecule has 0 fully saturated rings. The molecule has 1 rings (SSSR count). The summed E-state index contributed by atoms with van der Waals surface area (Å²) in [4.78, 5) is 11.3. The topological polar surface area (TPSA) is 37.3 Å². The molecule has 0 heterocycles. The number of hydrogen-bond acceptors (Lipinski definition) is 2. The highest BCUT2D eigenvalue weighted by molar-refractivity contribution is 14.1. The normalized spacial score (nSPS) is 10.1. The molecule has 0 saturated carbocycles. The monoisotopic (exact) mass is 466 g/mol. The first-order valence-electron chi connectivity index (χ1n) is 3.33. The van der Waals surface area contributed by atoms with E-state index in [0.29, 0.717) is 9.13 Å². The number of carbonyl (C=O) groups excluding carboxylic acids is 1. The lowest BCUT2D eigenvalue weighted by molar-refractivity contribution is 0.102. The Morgan fingerprint density at radius 2 is 2.08 bits per heavy atom. The van der Waals surface area contributed by atoms with Crippen LogP contribution in [0.4, 0.5) is 0 Å². The van der Waals surface area contributed by atoms with E-state index in [9.17, 15) is 9.90 Å². The van der Waals surface area contributed by atoms with Crippen LogP contribution in [0, 0.1) is 7.14 Å². The van der Waals surface area contributed by atoms with Gasteiger partial charge in [0.05, 0.1) is 14.5 Å². The van der Waals surface area contributed by atoms with Crippen molar-refractivity contribution in [1.82, 2.24) is 0 Å². The molecule has 13 heavy (non-hydrogen) atoms. The summed E-state index contributed by atoms with van der Waals surface area (Å²) in [5.41, 5.74) is 0.383. The predicted molar refractivity (Wildman–Crippen MR) is 71.7 cm³/mol. The van der Waals surface area contributed by atoms with Gasteiger partial charge in [-0.05, 0) is 57.3 Å². The van der Waals surface area contributed by atoms with Crippen LogP contribution in [-0.4, -0.2) is 16.2 Å². The third kappa shape index (κ3) is 2.79. The average Bonchev–Trinajstić information content (AvgIpc) is 2.10. The van der Waals surface area contributed by atoms with Crippen LogP contribution in [0.5, 0.6) is 5.75 Å². The van der Waals surface area contributed by atoms with E-state index < -0.39 is 0 Å². The van der Waals surface area contributed by atoms with Crippen molar-refractivity contribution in [3.8, 4) is 5.75 Å². The number of phenols is 1. The van der Waals surface area contributed by atoms with Gasteiger partial charge in [0, 0.05) is 3.57 Å². The maximum absolute atomic E-state index is 11.3. The lowest BCUT2D eigenvalue weighted by Crippen LogP contribution is -2.01. The number of phenolic OH excluding ortho intramolecular Hbond substituents is 1. The highest BCUT2D eigenvalue weighted by atomic mass is 127. The van der Waals surface area contributed by atoms with Crippen LogP contribution in [0.3, 0.4) is 0 Å². The van der Waals surface area contributed by atoms with Gasteiger partial charge in [-0.2, -0.15) is 0 Å². The van der Waals surface area contributed by atoms with Gasteiger partial charge in [0.15, 0.2) is 5.78 Å². The molecule has 1 aromatic rings. The Bertz CT molecular complexity index is 352. The number of Topliss-reactive ketones (excluding diaryl/α,β-unsaturated/α-hetero) is 1. The van der Waals surface area contributed by atoms with Crippen LogP contribution in [0.1, 0.15) is 10.4 Å². The Morgan fingerprint density at radius 1 is 1.46 bits per heavy atom. The molecular formula is C8H5BrI2O2. The quantitative estimate of drug-likeness (QED) is 0.413. The zero-order valence-corrected chi connectivity index (χ0v) is 12.3. The molecular weight excluding hydrogens is 462 g/mol. The van der Waals surface area contributed by atoms with Crippen molar-refractivity contribution in [2.45, 2.75) is 0 Å². The summed E-state index contributed by atoms with van der Waals surface area (Å²) < 4.78 is 1.65. The number of hydrogen-bond donors (Lipinski definition) is 1. The van der Waals surface area contributed by atoms with Crippen molar-refractivity contribution in [3.63, 3.8) is 0 Å². The predicted octanol–water partition coefficient (Wildman–Crippen LogP) is 3.18. The van der Waals surface area contributed by atoms with Crippen molar-refractivity contribution >= 4 is 66.9 Å². The van der Waals surface area contributed by atoms with Crippen LogP contribution in [0.25, 0.3) is 0 Å². The zero-order chi connectivity index (χ0) is 10.0. The van der Waals surface area contributed by atoms with Gasteiger partial charge in [-0.3, -0.25) is 4.79 Å². The molecule has 2 nitrogen and oxygen atoms in total. The SMILES string of the molecule is O=C(CBr)c1cc(I)cc(I)c1O. The molecule has 0 aliphatic heterocycles. The first kappa shape index (κ1) is 11.7. The lowest BCUT2D eigenvalue weighted by Gasteiger charge is -2.04. The van der Waals surface area contributed by atoms with Gasteiger partial charge < -0.3 is 5.11 Å². The summed E-state index contributed by atoms with van der Waals surface area (Å²) in [6.07, 6.45) is 0. The summed E-state index contributed by atoms with van der Waals surface area (Å²) in [5.74, 6) is -0.0283. The molecule has 0 radical (unpaired) electrons. The highest BCUT2D eigenvalue weighted by Gasteiger charge is 2.13. The third-order valence-electron chi connectivity index (χ3n) is 1.45. The molecule has 0 saturated heterocycles. The largest absolute Gasteiger partial charge is 0.506 e. The number of ketones is 1. The van der Waals surface area contributed by atoms with E-state index in [-0.39, 0.29) is 16.9 Å². The van der Waals surface area contributed by atoms with Crippen molar-refractivity contribution < 1.29 is 9.90 Å². The molecule has 5 heteroatoms. The standard InChI is InChI=1S/C8H5BrI2O2/c9-3-7(12)5-1-4(10)2-6(11)8(5)13/h1-2,13H,3H2. The fourth-order valence-corrected chi connectivity index (χ4v) is 3.00. The van der Waals surface area contributed by atoms with Crippen molar-refractivity contribution in [1.29, 1.82) is 0 Å². The van der Waals surface area contributed by atoms with Gasteiger partial charge in [-0.1, -0.05) is 15.9 Å². The second-order valence-electron chi connectivity index (χ2n) is 2.34. The van der Waals surface area contributed by atoms with E-state index in [1.165, 1.54) is 0 Å². The minimum absolute atomic E-state index is 0.0745. The maximum atomic E-state index is 11.3. The van der Waals surface area contributed by atoms with Crippen LogP contribution >= 0.6 is 61.1 Å². The molecule has 0 bridgehead atoms. The van der Waals surface area contributed by atoms with Gasteiger partial charge in [-0.25, -0.2) is 0 Å². The second-order valence-corrected chi connectivity index (χ2v) is 5.31. The molecule has 0 aliphatic carbocycles. The first-order valence-corrected chi connectivity index (χ1v) is 6.61. The number of aromatic hydroxyl groups is 1. The van der Waals surface area contributed by atoms with E-state index in [0.717, 1.165) is 3.57 Å². The summed E-state index contributed by atoms with van der Waals surface area (Å²) in [6.45, 7) is 0. The Morgan fingerprint density at radius 3 is 2.62 bits per heavy atom. The molecule has 0 aliphatic rings. The summed E-state index contributed by atoms with van der Waals surface area (Å²) in [5, 5.41) is 9.80. The average molecular weight is 467 g/mol. The molecule has 1 N–H and O–H groups in total.